The summed E-state index contributed by atoms with van der Waals surface area (Å²) in [6.07, 6.45) is 2.85. The van der Waals surface area contributed by atoms with E-state index in [4.69, 9.17) is 9.47 Å². The van der Waals surface area contributed by atoms with Crippen molar-refractivity contribution in [2.75, 3.05) is 30.5 Å². The molecule has 2 aromatic carbocycles. The van der Waals surface area contributed by atoms with Crippen LogP contribution in [-0.2, 0) is 14.3 Å². The van der Waals surface area contributed by atoms with Gasteiger partial charge in [0.15, 0.2) is 0 Å². The number of rotatable bonds is 10. The van der Waals surface area contributed by atoms with E-state index in [-0.39, 0.29) is 36.2 Å². The molecule has 1 aliphatic heterocycles. The van der Waals surface area contributed by atoms with Gasteiger partial charge in [-0.15, -0.1) is 0 Å². The maximum atomic E-state index is 12.8. The first-order valence-corrected chi connectivity index (χ1v) is 11.0. The van der Waals surface area contributed by atoms with Gasteiger partial charge in [-0.25, -0.2) is 4.79 Å². The van der Waals surface area contributed by atoms with E-state index in [0.29, 0.717) is 23.5 Å². The number of non-ortho nitro benzene ring substituents is 1. The van der Waals surface area contributed by atoms with Crippen LogP contribution in [0.3, 0.4) is 0 Å². The molecule has 2 amide bonds. The number of amides is 2. The van der Waals surface area contributed by atoms with E-state index >= 15 is 0 Å². The number of nitrogens with zero attached hydrogens (tertiary/aromatic N) is 2. The molecule has 1 atom stereocenters. The lowest BCUT2D eigenvalue weighted by Gasteiger charge is -2.19. The van der Waals surface area contributed by atoms with Crippen LogP contribution in [0.4, 0.5) is 17.1 Å². The quantitative estimate of drug-likeness (QED) is 0.241. The van der Waals surface area contributed by atoms with Crippen LogP contribution in [0, 0.1) is 16.0 Å². The number of benzene rings is 2. The molecule has 0 saturated carbocycles. The summed E-state index contributed by atoms with van der Waals surface area (Å²) >= 11 is 0. The van der Waals surface area contributed by atoms with Gasteiger partial charge in [-0.3, -0.25) is 19.7 Å². The number of esters is 1. The average Bonchev–Trinajstić information content (AvgIpc) is 3.23. The van der Waals surface area contributed by atoms with Crippen molar-refractivity contribution in [2.45, 2.75) is 32.6 Å². The minimum atomic E-state index is -0.615. The molecule has 1 N–H and O–H groups in total. The summed E-state index contributed by atoms with van der Waals surface area (Å²) in [6, 6.07) is 10.3. The number of ether oxygens (including phenoxy) is 2. The van der Waals surface area contributed by atoms with Crippen LogP contribution < -0.4 is 15.0 Å². The third-order valence-corrected chi connectivity index (χ3v) is 5.53. The Balaban J connectivity index is 1.61. The Morgan fingerprint density at radius 1 is 1.18 bits per heavy atom. The molecular weight excluding hydrogens is 442 g/mol. The molecule has 10 nitrogen and oxygen atoms in total. The average molecular weight is 469 g/mol. The molecule has 1 heterocycles. The van der Waals surface area contributed by atoms with Crippen molar-refractivity contribution in [3.8, 4) is 5.75 Å². The minimum Gasteiger partial charge on any atom is -0.494 e. The first-order chi connectivity index (χ1) is 16.3. The standard InChI is InChI=1S/C24H27N3O7/c1-3-4-5-12-34-24(30)16-6-8-18(9-7-16)25-23(29)17-13-22(28)26(15-17)20-11-10-19(27(31)32)14-21(20)33-2/h6-11,14,17H,3-5,12-13,15H2,1-2H3,(H,25,29)/t17-/m1/s1. The third kappa shape index (κ3) is 5.89. The molecule has 1 fully saturated rings. The normalized spacial score (nSPS) is 15.2. The van der Waals surface area contributed by atoms with E-state index in [2.05, 4.69) is 12.2 Å². The van der Waals surface area contributed by atoms with Gasteiger partial charge >= 0.3 is 5.97 Å². The van der Waals surface area contributed by atoms with Crippen molar-refractivity contribution in [3.05, 3.63) is 58.1 Å². The van der Waals surface area contributed by atoms with Gasteiger partial charge in [0.2, 0.25) is 11.8 Å². The van der Waals surface area contributed by atoms with Crippen LogP contribution >= 0.6 is 0 Å². The number of nitro groups is 1. The zero-order chi connectivity index (χ0) is 24.7. The Morgan fingerprint density at radius 2 is 1.91 bits per heavy atom. The highest BCUT2D eigenvalue weighted by molar-refractivity contribution is 6.04. The van der Waals surface area contributed by atoms with E-state index in [1.807, 2.05) is 0 Å². The van der Waals surface area contributed by atoms with Crippen molar-refractivity contribution in [1.29, 1.82) is 0 Å². The lowest BCUT2D eigenvalue weighted by Crippen LogP contribution is -2.28. The van der Waals surface area contributed by atoms with Gasteiger partial charge in [-0.2, -0.15) is 0 Å². The van der Waals surface area contributed by atoms with Crippen molar-refractivity contribution in [1.82, 2.24) is 0 Å². The molecule has 0 aromatic heterocycles. The maximum absolute atomic E-state index is 12.8. The molecule has 0 radical (unpaired) electrons. The lowest BCUT2D eigenvalue weighted by molar-refractivity contribution is -0.384. The second-order valence-corrected chi connectivity index (χ2v) is 7.93. The van der Waals surface area contributed by atoms with Crippen molar-refractivity contribution >= 4 is 34.8 Å². The first kappa shape index (κ1) is 24.7. The summed E-state index contributed by atoms with van der Waals surface area (Å²) in [6.45, 7) is 2.55. The highest BCUT2D eigenvalue weighted by Crippen LogP contribution is 2.36. The number of anilines is 2. The molecule has 0 aliphatic carbocycles. The Kier molecular flexibility index (Phi) is 8.18. The Morgan fingerprint density at radius 3 is 2.56 bits per heavy atom. The molecule has 3 rings (SSSR count). The number of nitro benzene ring substituents is 1. The lowest BCUT2D eigenvalue weighted by atomic mass is 10.1. The van der Waals surface area contributed by atoms with E-state index in [1.54, 1.807) is 24.3 Å². The number of carbonyl (C=O) groups is 3. The Hall–Kier alpha value is -3.95. The second kappa shape index (κ2) is 11.3. The Labute approximate surface area is 197 Å². The molecule has 0 spiro atoms. The van der Waals surface area contributed by atoms with Crippen LogP contribution in [0.15, 0.2) is 42.5 Å². The summed E-state index contributed by atoms with van der Waals surface area (Å²) in [5, 5.41) is 13.8. The number of hydrogen-bond donors (Lipinski definition) is 1. The maximum Gasteiger partial charge on any atom is 0.338 e. The highest BCUT2D eigenvalue weighted by atomic mass is 16.6. The third-order valence-electron chi connectivity index (χ3n) is 5.53. The fourth-order valence-corrected chi connectivity index (χ4v) is 3.65. The number of nitrogens with one attached hydrogen (secondary N) is 1. The number of carbonyl (C=O) groups excluding carboxylic acids is 3. The molecule has 1 saturated heterocycles. The van der Waals surface area contributed by atoms with E-state index in [0.717, 1.165) is 19.3 Å². The number of unbranched alkanes of at least 4 members (excludes halogenated alkanes) is 2. The topological polar surface area (TPSA) is 128 Å². The first-order valence-electron chi connectivity index (χ1n) is 11.0. The van der Waals surface area contributed by atoms with Crippen molar-refractivity contribution in [3.63, 3.8) is 0 Å². The summed E-state index contributed by atoms with van der Waals surface area (Å²) < 4.78 is 10.4. The smallest absolute Gasteiger partial charge is 0.338 e. The van der Waals surface area contributed by atoms with Gasteiger partial charge in [0, 0.05) is 24.7 Å². The Bertz CT molecular complexity index is 1070. The molecule has 180 valence electrons. The highest BCUT2D eigenvalue weighted by Gasteiger charge is 2.36. The van der Waals surface area contributed by atoms with Gasteiger partial charge in [-0.05, 0) is 36.8 Å². The van der Waals surface area contributed by atoms with Crippen LogP contribution in [-0.4, -0.2) is 43.0 Å². The van der Waals surface area contributed by atoms with Crippen LogP contribution in [0.2, 0.25) is 0 Å². The minimum absolute atomic E-state index is 0.00581. The number of hydrogen-bond acceptors (Lipinski definition) is 7. The summed E-state index contributed by atoms with van der Waals surface area (Å²) in [5.74, 6) is -1.47. The summed E-state index contributed by atoms with van der Waals surface area (Å²) in [4.78, 5) is 49.2. The van der Waals surface area contributed by atoms with Crippen LogP contribution in [0.25, 0.3) is 0 Å². The second-order valence-electron chi connectivity index (χ2n) is 7.93. The van der Waals surface area contributed by atoms with Gasteiger partial charge in [0.25, 0.3) is 5.69 Å². The van der Waals surface area contributed by atoms with Crippen LogP contribution in [0.1, 0.15) is 43.0 Å². The monoisotopic (exact) mass is 469 g/mol. The SMILES string of the molecule is CCCCCOC(=O)c1ccc(NC(=O)[C@@H]2CC(=O)N(c3ccc([N+](=O)[O-])cc3OC)C2)cc1. The molecule has 34 heavy (non-hydrogen) atoms. The van der Waals surface area contributed by atoms with E-state index < -0.39 is 16.8 Å². The fraction of sp³-hybridized carbons (Fsp3) is 0.375. The zero-order valence-electron chi connectivity index (χ0n) is 19.1. The summed E-state index contributed by atoms with van der Waals surface area (Å²) in [7, 11) is 1.36. The summed E-state index contributed by atoms with van der Waals surface area (Å²) in [5.41, 5.74) is 1.10. The molecule has 10 heteroatoms. The van der Waals surface area contributed by atoms with Gasteiger partial charge in [0.1, 0.15) is 5.75 Å². The largest absolute Gasteiger partial charge is 0.494 e. The molecule has 0 bridgehead atoms. The van der Waals surface area contributed by atoms with Gasteiger partial charge < -0.3 is 19.7 Å². The van der Waals surface area contributed by atoms with E-state index in [9.17, 15) is 24.5 Å². The molecule has 1 aliphatic rings. The predicted octanol–water partition coefficient (Wildman–Crippen LogP) is 3.94. The van der Waals surface area contributed by atoms with Crippen molar-refractivity contribution < 1.29 is 28.8 Å². The molecule has 2 aromatic rings. The fourth-order valence-electron chi connectivity index (χ4n) is 3.65. The van der Waals surface area contributed by atoms with Gasteiger partial charge in [0.05, 0.1) is 41.9 Å². The zero-order valence-corrected chi connectivity index (χ0v) is 19.1. The van der Waals surface area contributed by atoms with Crippen molar-refractivity contribution in [2.24, 2.45) is 5.92 Å². The number of methoxy groups -OCH3 is 1. The van der Waals surface area contributed by atoms with Gasteiger partial charge in [-0.1, -0.05) is 19.8 Å². The van der Waals surface area contributed by atoms with Crippen LogP contribution in [0.5, 0.6) is 5.75 Å². The predicted molar refractivity (Wildman–Crippen MR) is 125 cm³/mol. The van der Waals surface area contributed by atoms with E-state index in [1.165, 1.54) is 30.2 Å². The molecular formula is C24H27N3O7. The molecule has 0 unspecified atom stereocenters.